The summed E-state index contributed by atoms with van der Waals surface area (Å²) < 4.78 is 10.5. The Morgan fingerprint density at radius 1 is 1.06 bits per heavy atom. The van der Waals surface area contributed by atoms with Gasteiger partial charge in [-0.3, -0.25) is 14.4 Å². The predicted molar refractivity (Wildman–Crippen MR) is 123 cm³/mol. The molecule has 166 valence electrons. The van der Waals surface area contributed by atoms with Crippen molar-refractivity contribution in [2.45, 2.75) is 13.0 Å². The van der Waals surface area contributed by atoms with Gasteiger partial charge < -0.3 is 20.1 Å². The van der Waals surface area contributed by atoms with Gasteiger partial charge in [0, 0.05) is 16.1 Å². The highest BCUT2D eigenvalue weighted by atomic mass is 35.5. The van der Waals surface area contributed by atoms with Gasteiger partial charge in [0.25, 0.3) is 11.8 Å². The van der Waals surface area contributed by atoms with Crippen molar-refractivity contribution in [3.8, 4) is 5.75 Å². The Morgan fingerprint density at radius 3 is 2.44 bits per heavy atom. The van der Waals surface area contributed by atoms with E-state index >= 15 is 0 Å². The molecule has 32 heavy (non-hydrogen) atoms. The van der Waals surface area contributed by atoms with Crippen LogP contribution < -0.4 is 15.4 Å². The molecule has 2 aromatic carbocycles. The van der Waals surface area contributed by atoms with Crippen LogP contribution in [0.3, 0.4) is 0 Å². The first kappa shape index (κ1) is 23.3. The van der Waals surface area contributed by atoms with Gasteiger partial charge in [0.05, 0.1) is 17.0 Å². The molecule has 0 aliphatic rings. The number of amides is 2. The fourth-order valence-corrected chi connectivity index (χ4v) is 3.86. The molecule has 0 spiro atoms. The molecule has 0 radical (unpaired) electrons. The van der Waals surface area contributed by atoms with Crippen LogP contribution in [0.5, 0.6) is 5.75 Å². The van der Waals surface area contributed by atoms with Crippen LogP contribution in [0.4, 0.5) is 5.69 Å². The lowest BCUT2D eigenvalue weighted by Gasteiger charge is -2.18. The van der Waals surface area contributed by atoms with E-state index in [1.165, 1.54) is 24.5 Å². The summed E-state index contributed by atoms with van der Waals surface area (Å²) in [5, 5.41) is 5.53. The fourth-order valence-electron chi connectivity index (χ4n) is 2.82. The van der Waals surface area contributed by atoms with Crippen LogP contribution in [0.25, 0.3) is 0 Å². The molecule has 0 saturated heterocycles. The zero-order valence-corrected chi connectivity index (χ0v) is 19.0. The minimum atomic E-state index is -1.22. The topological polar surface area (TPSA) is 93.7 Å². The van der Waals surface area contributed by atoms with Crippen LogP contribution in [0.15, 0.2) is 60.7 Å². The lowest BCUT2D eigenvalue weighted by molar-refractivity contribution is -0.153. The Bertz CT molecular complexity index is 1120. The van der Waals surface area contributed by atoms with Gasteiger partial charge >= 0.3 is 5.97 Å². The average molecular weight is 473 g/mol. The number of carbonyl (C=O) groups is 3. The maximum atomic E-state index is 12.9. The molecular formula is C23H21ClN2O5S. The Morgan fingerprint density at radius 2 is 1.81 bits per heavy atom. The zero-order chi connectivity index (χ0) is 23.1. The first-order valence-corrected chi connectivity index (χ1v) is 10.8. The van der Waals surface area contributed by atoms with E-state index in [4.69, 9.17) is 21.1 Å². The van der Waals surface area contributed by atoms with E-state index in [0.29, 0.717) is 26.9 Å². The number of thiophene rings is 1. The van der Waals surface area contributed by atoms with Gasteiger partial charge in [-0.1, -0.05) is 41.9 Å². The van der Waals surface area contributed by atoms with Crippen molar-refractivity contribution in [2.24, 2.45) is 0 Å². The first-order valence-electron chi connectivity index (χ1n) is 9.61. The summed E-state index contributed by atoms with van der Waals surface area (Å²) in [4.78, 5) is 39.0. The molecule has 0 aliphatic heterocycles. The van der Waals surface area contributed by atoms with Gasteiger partial charge in [-0.25, -0.2) is 0 Å². The van der Waals surface area contributed by atoms with E-state index in [-0.39, 0.29) is 12.5 Å². The second-order valence-electron chi connectivity index (χ2n) is 6.71. The number of esters is 1. The highest BCUT2D eigenvalue weighted by Crippen LogP contribution is 2.28. The Hall–Kier alpha value is -3.36. The highest BCUT2D eigenvalue weighted by molar-refractivity contribution is 7.13. The molecule has 0 fully saturated rings. The van der Waals surface area contributed by atoms with E-state index in [1.54, 1.807) is 48.5 Å². The molecule has 1 heterocycles. The van der Waals surface area contributed by atoms with E-state index in [0.717, 1.165) is 4.88 Å². The van der Waals surface area contributed by atoms with Gasteiger partial charge in [0.2, 0.25) is 6.10 Å². The third kappa shape index (κ3) is 6.09. The molecule has 9 heteroatoms. The predicted octanol–water partition coefficient (Wildman–Crippen LogP) is 4.37. The molecule has 0 unspecified atom stereocenters. The standard InChI is InChI=1S/C23H21ClN2O5S/c1-14-8-11-19(32-14)22(28)25-13-20(27)31-21(15-6-4-3-5-7-15)23(29)26-16-9-10-18(30-2)17(24)12-16/h3-12,21H,13H2,1-2H3,(H,25,28)(H,26,29)/t21-/m1/s1. The number of halogens is 1. The van der Waals surface area contributed by atoms with Crippen LogP contribution in [0.2, 0.25) is 5.02 Å². The monoisotopic (exact) mass is 472 g/mol. The number of ether oxygens (including phenoxy) is 2. The lowest BCUT2D eigenvalue weighted by atomic mass is 10.1. The van der Waals surface area contributed by atoms with Crippen molar-refractivity contribution in [3.63, 3.8) is 0 Å². The number of rotatable bonds is 8. The Labute approximate surface area is 194 Å². The molecule has 0 bridgehead atoms. The van der Waals surface area contributed by atoms with Crippen LogP contribution in [-0.2, 0) is 14.3 Å². The highest BCUT2D eigenvalue weighted by Gasteiger charge is 2.25. The third-order valence-electron chi connectivity index (χ3n) is 4.37. The molecule has 2 amide bonds. The van der Waals surface area contributed by atoms with Gasteiger partial charge in [0.15, 0.2) is 0 Å². The summed E-state index contributed by atoms with van der Waals surface area (Å²) in [5.74, 6) is -1.23. The first-order chi connectivity index (χ1) is 15.4. The Balaban J connectivity index is 1.68. The van der Waals surface area contributed by atoms with Gasteiger partial charge in [-0.15, -0.1) is 11.3 Å². The summed E-state index contributed by atoms with van der Waals surface area (Å²) in [6, 6.07) is 16.9. The van der Waals surface area contributed by atoms with E-state index < -0.39 is 18.0 Å². The molecule has 1 aromatic heterocycles. The van der Waals surface area contributed by atoms with Crippen LogP contribution in [-0.4, -0.2) is 31.4 Å². The summed E-state index contributed by atoms with van der Waals surface area (Å²) >= 11 is 7.44. The van der Waals surface area contributed by atoms with Crippen LogP contribution in [0.1, 0.15) is 26.2 Å². The molecule has 3 aromatic rings. The van der Waals surface area contributed by atoms with Gasteiger partial charge in [0.1, 0.15) is 12.3 Å². The molecule has 7 nitrogen and oxygen atoms in total. The largest absolute Gasteiger partial charge is 0.495 e. The van der Waals surface area contributed by atoms with Gasteiger partial charge in [-0.05, 0) is 37.3 Å². The fraction of sp³-hybridized carbons (Fsp3) is 0.174. The number of carbonyl (C=O) groups excluding carboxylic acids is 3. The second kappa shape index (κ2) is 10.8. The SMILES string of the molecule is COc1ccc(NC(=O)[C@H](OC(=O)CNC(=O)c2ccc(C)s2)c2ccccc2)cc1Cl. The van der Waals surface area contributed by atoms with Crippen molar-refractivity contribution in [1.82, 2.24) is 5.32 Å². The summed E-state index contributed by atoms with van der Waals surface area (Å²) in [6.07, 6.45) is -1.22. The minimum Gasteiger partial charge on any atom is -0.495 e. The quantitative estimate of drug-likeness (QED) is 0.475. The number of methoxy groups -OCH3 is 1. The second-order valence-corrected chi connectivity index (χ2v) is 8.41. The summed E-state index contributed by atoms with van der Waals surface area (Å²) in [7, 11) is 1.49. The van der Waals surface area contributed by atoms with Crippen molar-refractivity contribution in [1.29, 1.82) is 0 Å². The number of aryl methyl sites for hydroxylation is 1. The number of anilines is 1. The number of nitrogens with one attached hydrogen (secondary N) is 2. The maximum absolute atomic E-state index is 12.9. The molecule has 3 rings (SSSR count). The Kier molecular flexibility index (Phi) is 7.86. The summed E-state index contributed by atoms with van der Waals surface area (Å²) in [6.45, 7) is 1.51. The van der Waals surface area contributed by atoms with Crippen molar-refractivity contribution in [3.05, 3.63) is 81.0 Å². The molecule has 0 aliphatic carbocycles. The number of hydrogen-bond acceptors (Lipinski definition) is 6. The normalized spacial score (nSPS) is 11.3. The zero-order valence-electron chi connectivity index (χ0n) is 17.4. The van der Waals surface area contributed by atoms with Crippen molar-refractivity contribution < 1.29 is 23.9 Å². The van der Waals surface area contributed by atoms with Crippen molar-refractivity contribution in [2.75, 3.05) is 19.0 Å². The maximum Gasteiger partial charge on any atom is 0.326 e. The average Bonchev–Trinajstić information content (AvgIpc) is 3.23. The molecule has 0 saturated carbocycles. The van der Waals surface area contributed by atoms with Crippen molar-refractivity contribution >= 4 is 46.4 Å². The smallest absolute Gasteiger partial charge is 0.326 e. The summed E-state index contributed by atoms with van der Waals surface area (Å²) in [5.41, 5.74) is 0.900. The third-order valence-corrected chi connectivity index (χ3v) is 5.66. The van der Waals surface area contributed by atoms with Crippen LogP contribution in [0, 0.1) is 6.92 Å². The van der Waals surface area contributed by atoms with Gasteiger partial charge in [-0.2, -0.15) is 0 Å². The van der Waals surface area contributed by atoms with Crippen LogP contribution >= 0.6 is 22.9 Å². The van der Waals surface area contributed by atoms with E-state index in [9.17, 15) is 14.4 Å². The van der Waals surface area contributed by atoms with E-state index in [1.807, 2.05) is 13.0 Å². The minimum absolute atomic E-state index is 0.324. The lowest BCUT2D eigenvalue weighted by Crippen LogP contribution is -2.33. The number of hydrogen-bond donors (Lipinski definition) is 2. The molecule has 2 N–H and O–H groups in total. The van der Waals surface area contributed by atoms with E-state index in [2.05, 4.69) is 10.6 Å². The molecular weight excluding hydrogens is 452 g/mol. The number of benzene rings is 2. The molecule has 1 atom stereocenters.